The zero-order chi connectivity index (χ0) is 8.81. The van der Waals surface area contributed by atoms with Crippen molar-refractivity contribution in [1.29, 1.82) is 0 Å². The van der Waals surface area contributed by atoms with Crippen LogP contribution < -0.4 is 0 Å². The molecule has 0 saturated carbocycles. The maximum atomic E-state index is 2.32. The molecule has 0 heterocycles. The summed E-state index contributed by atoms with van der Waals surface area (Å²) in [5.41, 5.74) is 1.53. The second kappa shape index (κ2) is 5.60. The molecule has 0 unspecified atom stereocenters. The molecule has 62 valence electrons. The number of rotatable bonds is 4. The first kappa shape index (κ1) is 10.1. The molecule has 0 spiro atoms. The lowest BCUT2D eigenvalue weighted by atomic mass is 10.2. The van der Waals surface area contributed by atoms with Crippen molar-refractivity contribution >= 4 is 20.4 Å². The van der Waals surface area contributed by atoms with Crippen molar-refractivity contribution in [3.8, 4) is 0 Å². The van der Waals surface area contributed by atoms with Gasteiger partial charge < -0.3 is 0 Å². The Balaban J connectivity index is 2.25. The van der Waals surface area contributed by atoms with Gasteiger partial charge in [-0.3, -0.25) is 0 Å². The van der Waals surface area contributed by atoms with Crippen LogP contribution in [-0.4, -0.2) is 20.4 Å². The molecule has 0 bridgehead atoms. The summed E-state index contributed by atoms with van der Waals surface area (Å²) < 4.78 is 2.86. The van der Waals surface area contributed by atoms with E-state index in [2.05, 4.69) is 44.2 Å². The molecule has 0 aliphatic rings. The van der Waals surface area contributed by atoms with Gasteiger partial charge in [0.2, 0.25) is 0 Å². The van der Waals surface area contributed by atoms with Crippen molar-refractivity contribution in [2.45, 2.75) is 22.9 Å². The quantitative estimate of drug-likeness (QED) is 0.613. The molecule has 0 nitrogen and oxygen atoms in total. The molecule has 0 radical (unpaired) electrons. The maximum Gasteiger partial charge on any atom is 0.371 e. The Hall–Kier alpha value is -0.0138. The lowest BCUT2D eigenvalue weighted by Gasteiger charge is -2.01. The molecule has 1 aromatic rings. The van der Waals surface area contributed by atoms with Crippen LogP contribution in [0.15, 0.2) is 30.3 Å². The van der Waals surface area contributed by atoms with E-state index in [1.807, 2.05) is 0 Å². The molecule has 1 rings (SSSR count). The minimum Gasteiger partial charge on any atom is -0.143 e. The predicted octanol–water partition coefficient (Wildman–Crippen LogP) is 2.97. The maximum absolute atomic E-state index is 2.32. The number of hydrogen-bond acceptors (Lipinski definition) is 0. The third-order valence-electron chi connectivity index (χ3n) is 2.09. The molecule has 0 fully saturated rings. The van der Waals surface area contributed by atoms with Gasteiger partial charge in [0.25, 0.3) is 0 Å². The van der Waals surface area contributed by atoms with Gasteiger partial charge in [-0.2, -0.15) is 0 Å². The molecular formula is C11H16Mg. The van der Waals surface area contributed by atoms with Crippen molar-refractivity contribution in [1.82, 2.24) is 0 Å². The number of hydrogen-bond donors (Lipinski definition) is 0. The topological polar surface area (TPSA) is 0 Å². The van der Waals surface area contributed by atoms with E-state index in [1.54, 1.807) is 0 Å². The standard InChI is InChI=1S/C7H7.C4H9.Mg/c1-7-5-3-2-4-6-7;1-4(2)3;/h2-6H,1H2;4H,1H2,2-3H3;. The summed E-state index contributed by atoms with van der Waals surface area (Å²) in [5.74, 6) is 0.903. The van der Waals surface area contributed by atoms with E-state index in [0.29, 0.717) is 0 Å². The highest BCUT2D eigenvalue weighted by molar-refractivity contribution is 6.34. The van der Waals surface area contributed by atoms with E-state index >= 15 is 0 Å². The SMILES string of the molecule is CC(C)[CH2][Mg][CH2]c1ccccc1. The Morgan fingerprint density at radius 2 is 1.83 bits per heavy atom. The van der Waals surface area contributed by atoms with Crippen LogP contribution in [0.3, 0.4) is 0 Å². The smallest absolute Gasteiger partial charge is 0.143 e. The summed E-state index contributed by atoms with van der Waals surface area (Å²) in [6.07, 6.45) is 0. The summed E-state index contributed by atoms with van der Waals surface area (Å²) in [7, 11) is 0. The third kappa shape index (κ3) is 4.12. The van der Waals surface area contributed by atoms with Crippen LogP contribution in [0.2, 0.25) is 4.55 Å². The van der Waals surface area contributed by atoms with Crippen LogP contribution in [0.5, 0.6) is 0 Å². The highest BCUT2D eigenvalue weighted by Gasteiger charge is 1.99. The van der Waals surface area contributed by atoms with Crippen molar-refractivity contribution in [3.63, 3.8) is 0 Å². The second-order valence-electron chi connectivity index (χ2n) is 3.77. The van der Waals surface area contributed by atoms with E-state index in [9.17, 15) is 0 Å². The largest absolute Gasteiger partial charge is 0.371 e. The molecule has 0 amide bonds. The van der Waals surface area contributed by atoms with E-state index < -0.39 is 0 Å². The van der Waals surface area contributed by atoms with Crippen molar-refractivity contribution in [3.05, 3.63) is 35.9 Å². The van der Waals surface area contributed by atoms with E-state index in [1.165, 1.54) is 14.7 Å². The second-order valence-corrected chi connectivity index (χ2v) is 5.56. The molecule has 1 aromatic carbocycles. The molecule has 0 N–H and O–H groups in total. The Labute approximate surface area is 85.1 Å². The van der Waals surface area contributed by atoms with Gasteiger partial charge in [0.15, 0.2) is 0 Å². The van der Waals surface area contributed by atoms with Gasteiger partial charge in [0.1, 0.15) is 0 Å². The average molecular weight is 173 g/mol. The summed E-state index contributed by atoms with van der Waals surface area (Å²) in [6.45, 7) is 4.63. The lowest BCUT2D eigenvalue weighted by molar-refractivity contribution is 0.729. The van der Waals surface area contributed by atoms with Gasteiger partial charge in [0.05, 0.1) is 0 Å². The normalized spacial score (nSPS) is 9.92. The van der Waals surface area contributed by atoms with Crippen LogP contribution in [0.1, 0.15) is 19.4 Å². The predicted molar refractivity (Wildman–Crippen MR) is 55.5 cm³/mol. The Bertz CT molecular complexity index is 204. The molecule has 0 saturated heterocycles. The first-order valence-electron chi connectivity index (χ1n) is 4.83. The zero-order valence-electron chi connectivity index (χ0n) is 8.09. The Morgan fingerprint density at radius 1 is 1.17 bits per heavy atom. The van der Waals surface area contributed by atoms with Crippen LogP contribution in [0.25, 0.3) is 0 Å². The highest BCUT2D eigenvalue weighted by atomic mass is 24.5. The number of benzene rings is 1. The van der Waals surface area contributed by atoms with Crippen LogP contribution in [0.4, 0.5) is 0 Å². The lowest BCUT2D eigenvalue weighted by Crippen LogP contribution is -2.00. The fourth-order valence-electron chi connectivity index (χ4n) is 1.36. The van der Waals surface area contributed by atoms with Gasteiger partial charge in [0, 0.05) is 0 Å². The van der Waals surface area contributed by atoms with Gasteiger partial charge in [-0.1, -0.05) is 55.7 Å². The van der Waals surface area contributed by atoms with E-state index in [4.69, 9.17) is 0 Å². The first-order chi connectivity index (χ1) is 5.79. The molecular weight excluding hydrogens is 156 g/mol. The average Bonchev–Trinajstić information content (AvgIpc) is 2.05. The van der Waals surface area contributed by atoms with Gasteiger partial charge in [-0.15, -0.1) is 9.10 Å². The monoisotopic (exact) mass is 172 g/mol. The Kier molecular flexibility index (Phi) is 4.70. The van der Waals surface area contributed by atoms with Crippen LogP contribution >= 0.6 is 0 Å². The van der Waals surface area contributed by atoms with Crippen LogP contribution in [0, 0.1) is 5.92 Å². The summed E-state index contributed by atoms with van der Waals surface area (Å²) in [5, 5.41) is 0. The third-order valence-corrected chi connectivity index (χ3v) is 4.58. The van der Waals surface area contributed by atoms with E-state index in [0.717, 1.165) is 5.92 Å². The first-order valence-corrected chi connectivity index (χ1v) is 6.83. The summed E-state index contributed by atoms with van der Waals surface area (Å²) in [4.78, 5) is 0. The summed E-state index contributed by atoms with van der Waals surface area (Å²) >= 11 is 0.166. The minimum absolute atomic E-state index is 0.166. The Morgan fingerprint density at radius 3 is 2.42 bits per heavy atom. The van der Waals surface area contributed by atoms with Crippen LogP contribution in [-0.2, 0) is 4.55 Å². The molecule has 1 heteroatoms. The van der Waals surface area contributed by atoms with Crippen molar-refractivity contribution < 1.29 is 0 Å². The fraction of sp³-hybridized carbons (Fsp3) is 0.455. The zero-order valence-corrected chi connectivity index (χ0v) is 9.50. The summed E-state index contributed by atoms with van der Waals surface area (Å²) in [6, 6.07) is 10.9. The van der Waals surface area contributed by atoms with Crippen molar-refractivity contribution in [2.75, 3.05) is 0 Å². The van der Waals surface area contributed by atoms with Gasteiger partial charge >= 0.3 is 20.4 Å². The highest BCUT2D eigenvalue weighted by Crippen LogP contribution is 2.03. The molecule has 0 aliphatic heterocycles. The molecule has 12 heavy (non-hydrogen) atoms. The molecule has 0 atom stereocenters. The molecule has 0 aliphatic carbocycles. The molecule has 0 aromatic heterocycles. The van der Waals surface area contributed by atoms with Gasteiger partial charge in [-0.05, 0) is 0 Å². The van der Waals surface area contributed by atoms with Gasteiger partial charge in [-0.25, -0.2) is 0 Å². The fourth-order valence-corrected chi connectivity index (χ4v) is 3.12. The van der Waals surface area contributed by atoms with Crippen molar-refractivity contribution in [2.24, 2.45) is 5.92 Å². The minimum atomic E-state index is 0.166. The van der Waals surface area contributed by atoms with E-state index in [-0.39, 0.29) is 20.4 Å².